The van der Waals surface area contributed by atoms with Crippen molar-refractivity contribution in [2.24, 2.45) is 0 Å². The van der Waals surface area contributed by atoms with Gasteiger partial charge in [-0.05, 0) is 35.4 Å². The lowest BCUT2D eigenvalue weighted by Gasteiger charge is -2.26. The average molecular weight is 366 g/mol. The predicted octanol–water partition coefficient (Wildman–Crippen LogP) is 3.50. The number of benzene rings is 2. The summed E-state index contributed by atoms with van der Waals surface area (Å²) in [5, 5.41) is 9.29. The van der Waals surface area contributed by atoms with Gasteiger partial charge in [0.25, 0.3) is 0 Å². The molecule has 0 radical (unpaired) electrons. The molecule has 1 N–H and O–H groups in total. The zero-order valence-corrected chi connectivity index (χ0v) is 14.2. The number of alkyl halides is 1. The standard InChI is InChI=1S/C21H25FO4/c1-21(2,15-3-7-18(8-4-15)24-12-17(23)11-22)16-5-9-19(10-6-16)25-13-20-14-26-20/h3-10,17,20,23H,11-14H2,1-2H3/i1D3,2D3. The first kappa shape index (κ1) is 12.3. The third-order valence-corrected chi connectivity index (χ3v) is 4.03. The van der Waals surface area contributed by atoms with E-state index in [2.05, 4.69) is 0 Å². The van der Waals surface area contributed by atoms with E-state index >= 15 is 0 Å². The fourth-order valence-electron chi connectivity index (χ4n) is 2.36. The Morgan fingerprint density at radius 1 is 1.12 bits per heavy atom. The van der Waals surface area contributed by atoms with Crippen LogP contribution in [0.5, 0.6) is 11.5 Å². The molecule has 2 aromatic rings. The molecule has 0 saturated carbocycles. The van der Waals surface area contributed by atoms with Crippen LogP contribution in [0.1, 0.15) is 33.1 Å². The largest absolute Gasteiger partial charge is 0.491 e. The SMILES string of the molecule is [2H]C([2H])([2H])C(c1ccc(OCC(O)CF)cc1)(c1ccc(OCC2CO2)cc1)C([2H])([2H])[2H]. The normalized spacial score (nSPS) is 22.0. The van der Waals surface area contributed by atoms with E-state index < -0.39 is 31.9 Å². The summed E-state index contributed by atoms with van der Waals surface area (Å²) < 4.78 is 77.6. The van der Waals surface area contributed by atoms with Crippen molar-refractivity contribution in [3.63, 3.8) is 0 Å². The van der Waals surface area contributed by atoms with Crippen molar-refractivity contribution >= 4 is 0 Å². The number of aliphatic hydroxyl groups excluding tert-OH is 1. The molecular weight excluding hydrogens is 335 g/mol. The van der Waals surface area contributed by atoms with E-state index in [9.17, 15) is 9.50 Å². The third kappa shape index (κ3) is 4.74. The second-order valence-corrected chi connectivity index (χ2v) is 6.18. The molecule has 1 heterocycles. The Morgan fingerprint density at radius 3 is 2.12 bits per heavy atom. The number of aliphatic hydroxyl groups is 1. The van der Waals surface area contributed by atoms with E-state index in [0.29, 0.717) is 19.0 Å². The molecule has 0 aliphatic carbocycles. The molecule has 1 fully saturated rings. The minimum Gasteiger partial charge on any atom is -0.491 e. The molecule has 26 heavy (non-hydrogen) atoms. The molecule has 0 amide bonds. The maximum atomic E-state index is 12.4. The van der Waals surface area contributed by atoms with Gasteiger partial charge < -0.3 is 19.3 Å². The summed E-state index contributed by atoms with van der Waals surface area (Å²) in [7, 11) is 0. The molecule has 1 aliphatic heterocycles. The van der Waals surface area contributed by atoms with Crippen molar-refractivity contribution in [3.8, 4) is 11.5 Å². The monoisotopic (exact) mass is 366 g/mol. The van der Waals surface area contributed by atoms with Gasteiger partial charge in [0.2, 0.25) is 0 Å². The Labute approximate surface area is 161 Å². The maximum Gasteiger partial charge on any atom is 0.119 e. The minimum absolute atomic E-state index is 0.0465. The van der Waals surface area contributed by atoms with Crippen molar-refractivity contribution in [2.75, 3.05) is 26.5 Å². The lowest BCUT2D eigenvalue weighted by atomic mass is 9.78. The van der Waals surface area contributed by atoms with Gasteiger partial charge in [-0.2, -0.15) is 0 Å². The van der Waals surface area contributed by atoms with Crippen LogP contribution in [-0.2, 0) is 10.2 Å². The summed E-state index contributed by atoms with van der Waals surface area (Å²) in [5.41, 5.74) is -2.17. The van der Waals surface area contributed by atoms with Crippen LogP contribution < -0.4 is 9.47 Å². The molecule has 1 aliphatic rings. The molecular formula is C21H25FO4. The van der Waals surface area contributed by atoms with Crippen LogP contribution in [0.2, 0.25) is 0 Å². The first-order valence-corrected chi connectivity index (χ1v) is 8.31. The molecule has 2 atom stereocenters. The quantitative estimate of drug-likeness (QED) is 0.690. The van der Waals surface area contributed by atoms with Gasteiger partial charge in [-0.1, -0.05) is 38.0 Å². The molecule has 0 spiro atoms. The van der Waals surface area contributed by atoms with Crippen LogP contribution >= 0.6 is 0 Å². The summed E-state index contributed by atoms with van der Waals surface area (Å²) in [6.45, 7) is -6.10. The Hall–Kier alpha value is -2.11. The van der Waals surface area contributed by atoms with Gasteiger partial charge in [0.1, 0.15) is 43.6 Å². The number of ether oxygens (including phenoxy) is 3. The van der Waals surface area contributed by atoms with Crippen molar-refractivity contribution in [3.05, 3.63) is 59.7 Å². The van der Waals surface area contributed by atoms with Gasteiger partial charge in [0, 0.05) is 13.6 Å². The van der Waals surface area contributed by atoms with E-state index in [0.717, 1.165) is 0 Å². The summed E-state index contributed by atoms with van der Waals surface area (Å²) in [6, 6.07) is 11.5. The number of rotatable bonds is 9. The second kappa shape index (κ2) is 8.06. The van der Waals surface area contributed by atoms with Gasteiger partial charge in [0.15, 0.2) is 0 Å². The van der Waals surface area contributed by atoms with Crippen LogP contribution in [0.25, 0.3) is 0 Å². The maximum absolute atomic E-state index is 12.4. The molecule has 140 valence electrons. The Bertz CT molecular complexity index is 865. The highest BCUT2D eigenvalue weighted by Crippen LogP contribution is 2.33. The van der Waals surface area contributed by atoms with Crippen LogP contribution in [0.15, 0.2) is 48.5 Å². The molecule has 2 unspecified atom stereocenters. The van der Waals surface area contributed by atoms with E-state index in [4.69, 9.17) is 22.4 Å². The fraction of sp³-hybridized carbons (Fsp3) is 0.429. The van der Waals surface area contributed by atoms with Crippen molar-refractivity contribution in [1.29, 1.82) is 0 Å². The average Bonchev–Trinajstić information content (AvgIpc) is 3.55. The van der Waals surface area contributed by atoms with Gasteiger partial charge in [-0.3, -0.25) is 0 Å². The molecule has 0 aromatic heterocycles. The van der Waals surface area contributed by atoms with E-state index in [-0.39, 0.29) is 29.6 Å². The van der Waals surface area contributed by atoms with E-state index in [1.807, 2.05) is 0 Å². The highest BCUT2D eigenvalue weighted by atomic mass is 19.1. The Kier molecular flexibility index (Phi) is 3.82. The summed E-state index contributed by atoms with van der Waals surface area (Å²) in [6.07, 6.45) is -1.24. The first-order chi connectivity index (χ1) is 15.0. The van der Waals surface area contributed by atoms with Gasteiger partial charge >= 0.3 is 0 Å². The molecule has 5 heteroatoms. The van der Waals surface area contributed by atoms with Gasteiger partial charge in [0.05, 0.1) is 6.61 Å². The topological polar surface area (TPSA) is 51.2 Å². The smallest absolute Gasteiger partial charge is 0.119 e. The van der Waals surface area contributed by atoms with Gasteiger partial charge in [-0.15, -0.1) is 0 Å². The molecule has 2 aromatic carbocycles. The highest BCUT2D eigenvalue weighted by Gasteiger charge is 2.24. The fourth-order valence-corrected chi connectivity index (χ4v) is 2.36. The molecule has 1 saturated heterocycles. The van der Waals surface area contributed by atoms with E-state index in [1.165, 1.54) is 36.4 Å². The Morgan fingerprint density at radius 2 is 1.65 bits per heavy atom. The van der Waals surface area contributed by atoms with Crippen molar-refractivity contribution < 1.29 is 31.9 Å². The number of halogens is 1. The van der Waals surface area contributed by atoms with Crippen LogP contribution in [0.3, 0.4) is 0 Å². The molecule has 4 nitrogen and oxygen atoms in total. The van der Waals surface area contributed by atoms with Gasteiger partial charge in [-0.25, -0.2) is 4.39 Å². The summed E-state index contributed by atoms with van der Waals surface area (Å²) >= 11 is 0. The lowest BCUT2D eigenvalue weighted by molar-refractivity contribution is 0.0842. The van der Waals surface area contributed by atoms with Crippen molar-refractivity contribution in [1.82, 2.24) is 0 Å². The third-order valence-electron chi connectivity index (χ3n) is 4.03. The second-order valence-electron chi connectivity index (χ2n) is 6.18. The zero-order chi connectivity index (χ0) is 23.6. The first-order valence-electron chi connectivity index (χ1n) is 11.3. The number of hydrogen-bond acceptors (Lipinski definition) is 4. The summed E-state index contributed by atoms with van der Waals surface area (Å²) in [5.74, 6) is 0.724. The highest BCUT2D eigenvalue weighted by molar-refractivity contribution is 5.41. The zero-order valence-electron chi connectivity index (χ0n) is 20.2. The number of epoxide rings is 1. The lowest BCUT2D eigenvalue weighted by Crippen LogP contribution is -2.20. The molecule has 3 rings (SSSR count). The minimum atomic E-state index is -2.92. The van der Waals surface area contributed by atoms with E-state index in [1.54, 1.807) is 12.1 Å². The predicted molar refractivity (Wildman–Crippen MR) is 97.7 cm³/mol. The van der Waals surface area contributed by atoms with Crippen LogP contribution in [-0.4, -0.2) is 43.8 Å². The van der Waals surface area contributed by atoms with Crippen LogP contribution in [0.4, 0.5) is 4.39 Å². The van der Waals surface area contributed by atoms with Crippen LogP contribution in [0, 0.1) is 0 Å². The Balaban J connectivity index is 1.98. The molecule has 0 bridgehead atoms. The van der Waals surface area contributed by atoms with Crippen molar-refractivity contribution in [2.45, 2.75) is 31.3 Å². The number of hydrogen-bond donors (Lipinski definition) is 1. The summed E-state index contributed by atoms with van der Waals surface area (Å²) in [4.78, 5) is 0.